The highest BCUT2D eigenvalue weighted by Crippen LogP contribution is 2.19. The molecule has 4 nitrogen and oxygen atoms in total. The number of nitrogens with one attached hydrogen (secondary N) is 1. The van der Waals surface area contributed by atoms with Crippen LogP contribution in [0.4, 0.5) is 5.69 Å². The highest BCUT2D eigenvalue weighted by atomic mass is 15.3. The van der Waals surface area contributed by atoms with Crippen molar-refractivity contribution in [2.75, 3.05) is 18.4 Å². The molecule has 2 aromatic rings. The van der Waals surface area contributed by atoms with E-state index in [4.69, 9.17) is 0 Å². The van der Waals surface area contributed by atoms with E-state index in [0.29, 0.717) is 12.1 Å². The van der Waals surface area contributed by atoms with E-state index in [2.05, 4.69) is 53.4 Å². The van der Waals surface area contributed by atoms with Crippen molar-refractivity contribution in [1.29, 1.82) is 0 Å². The molecule has 0 bridgehead atoms. The molecule has 3 rings (SSSR count). The van der Waals surface area contributed by atoms with Gasteiger partial charge in [0.1, 0.15) is 0 Å². The second kappa shape index (κ2) is 6.31. The Balaban J connectivity index is 1.61. The Labute approximate surface area is 126 Å². The molecule has 1 saturated heterocycles. The molecule has 21 heavy (non-hydrogen) atoms. The highest BCUT2D eigenvalue weighted by Gasteiger charge is 2.23. The van der Waals surface area contributed by atoms with Gasteiger partial charge in [0.15, 0.2) is 0 Å². The summed E-state index contributed by atoms with van der Waals surface area (Å²) in [6.45, 7) is 7.70. The van der Waals surface area contributed by atoms with Crippen LogP contribution in [0.1, 0.15) is 25.8 Å². The summed E-state index contributed by atoms with van der Waals surface area (Å²) in [6, 6.07) is 11.8. The monoisotopic (exact) mass is 284 g/mol. The minimum atomic E-state index is 0.562. The maximum atomic E-state index is 4.26. The molecule has 1 N–H and O–H groups in total. The molecule has 1 unspecified atom stereocenters. The van der Waals surface area contributed by atoms with Gasteiger partial charge in [-0.3, -0.25) is 9.58 Å². The van der Waals surface area contributed by atoms with Crippen LogP contribution in [0, 0.1) is 0 Å². The van der Waals surface area contributed by atoms with Crippen LogP contribution in [0.25, 0.3) is 0 Å². The van der Waals surface area contributed by atoms with Crippen LogP contribution >= 0.6 is 0 Å². The molecule has 4 heteroatoms. The fraction of sp³-hybridized carbons (Fsp3) is 0.471. The predicted molar refractivity (Wildman–Crippen MR) is 86.5 cm³/mol. The fourth-order valence-electron chi connectivity index (χ4n) is 2.95. The van der Waals surface area contributed by atoms with Gasteiger partial charge in [0.25, 0.3) is 0 Å². The van der Waals surface area contributed by atoms with Crippen molar-refractivity contribution >= 4 is 5.69 Å². The number of aromatic nitrogens is 2. The van der Waals surface area contributed by atoms with E-state index in [1.165, 1.54) is 24.2 Å². The Morgan fingerprint density at radius 3 is 2.95 bits per heavy atom. The summed E-state index contributed by atoms with van der Waals surface area (Å²) in [6.07, 6.45) is 5.04. The van der Waals surface area contributed by atoms with Crippen LogP contribution in [0.3, 0.4) is 0 Å². The van der Waals surface area contributed by atoms with Crippen molar-refractivity contribution in [2.24, 2.45) is 0 Å². The quantitative estimate of drug-likeness (QED) is 0.916. The molecular formula is C17H24N4. The standard InChI is InChI=1S/C17H24N4/c1-14(2)20-10-7-17(13-20)19-16-6-3-5-15(11-16)12-21-9-4-8-18-21/h3-6,8-9,11,14,17,19H,7,10,12-13H2,1-2H3. The first-order valence-corrected chi connectivity index (χ1v) is 7.77. The molecule has 1 aromatic carbocycles. The van der Waals surface area contributed by atoms with Crippen molar-refractivity contribution in [3.05, 3.63) is 48.3 Å². The molecule has 1 aliphatic heterocycles. The van der Waals surface area contributed by atoms with Crippen molar-refractivity contribution in [3.63, 3.8) is 0 Å². The second-order valence-corrected chi connectivity index (χ2v) is 6.12. The lowest BCUT2D eigenvalue weighted by Crippen LogP contribution is -2.31. The first-order chi connectivity index (χ1) is 10.2. The van der Waals surface area contributed by atoms with Crippen LogP contribution in [-0.2, 0) is 6.54 Å². The summed E-state index contributed by atoms with van der Waals surface area (Å²) in [4.78, 5) is 2.53. The second-order valence-electron chi connectivity index (χ2n) is 6.12. The zero-order valence-corrected chi connectivity index (χ0v) is 12.9. The Morgan fingerprint density at radius 2 is 2.24 bits per heavy atom. The average Bonchev–Trinajstić information content (AvgIpc) is 3.11. The number of nitrogens with zero attached hydrogens (tertiary/aromatic N) is 3. The lowest BCUT2D eigenvalue weighted by molar-refractivity contribution is 0.274. The molecule has 1 aromatic heterocycles. The normalized spacial score (nSPS) is 19.3. The number of benzene rings is 1. The van der Waals surface area contributed by atoms with Gasteiger partial charge in [-0.15, -0.1) is 0 Å². The molecule has 1 aliphatic rings. The summed E-state index contributed by atoms with van der Waals surface area (Å²) in [5.41, 5.74) is 2.50. The van der Waals surface area contributed by atoms with E-state index in [1.807, 2.05) is 23.1 Å². The molecule has 1 fully saturated rings. The maximum Gasteiger partial charge on any atom is 0.0660 e. The van der Waals surface area contributed by atoms with Gasteiger partial charge in [0.05, 0.1) is 6.54 Å². The van der Waals surface area contributed by atoms with Gasteiger partial charge in [0, 0.05) is 43.3 Å². The SMILES string of the molecule is CC(C)N1CCC(Nc2cccc(Cn3cccn3)c2)C1. The van der Waals surface area contributed by atoms with E-state index >= 15 is 0 Å². The number of hydrogen-bond donors (Lipinski definition) is 1. The molecule has 2 heterocycles. The summed E-state index contributed by atoms with van der Waals surface area (Å²) in [5, 5.41) is 7.94. The molecular weight excluding hydrogens is 260 g/mol. The van der Waals surface area contributed by atoms with Crippen LogP contribution < -0.4 is 5.32 Å². The average molecular weight is 284 g/mol. The molecule has 1 atom stereocenters. The van der Waals surface area contributed by atoms with Gasteiger partial charge >= 0.3 is 0 Å². The predicted octanol–water partition coefficient (Wildman–Crippen LogP) is 2.83. The van der Waals surface area contributed by atoms with Gasteiger partial charge in [0.2, 0.25) is 0 Å². The van der Waals surface area contributed by atoms with Gasteiger partial charge in [-0.2, -0.15) is 5.10 Å². The number of likely N-dealkylation sites (tertiary alicyclic amines) is 1. The first kappa shape index (κ1) is 14.1. The molecule has 112 valence electrons. The largest absolute Gasteiger partial charge is 0.381 e. The van der Waals surface area contributed by atoms with Crippen molar-refractivity contribution in [2.45, 2.75) is 38.9 Å². The Bertz CT molecular complexity index is 562. The van der Waals surface area contributed by atoms with Gasteiger partial charge < -0.3 is 5.32 Å². The van der Waals surface area contributed by atoms with Crippen LogP contribution in [0.2, 0.25) is 0 Å². The van der Waals surface area contributed by atoms with Crippen LogP contribution in [-0.4, -0.2) is 39.9 Å². The van der Waals surface area contributed by atoms with Crippen LogP contribution in [0.15, 0.2) is 42.7 Å². The molecule has 0 radical (unpaired) electrons. The number of hydrogen-bond acceptors (Lipinski definition) is 3. The van der Waals surface area contributed by atoms with Crippen LogP contribution in [0.5, 0.6) is 0 Å². The van der Waals surface area contributed by atoms with E-state index in [-0.39, 0.29) is 0 Å². The molecule has 0 saturated carbocycles. The third kappa shape index (κ3) is 3.64. The van der Waals surface area contributed by atoms with E-state index in [9.17, 15) is 0 Å². The minimum Gasteiger partial charge on any atom is -0.381 e. The number of rotatable bonds is 5. The summed E-state index contributed by atoms with van der Waals surface area (Å²) in [5.74, 6) is 0. The van der Waals surface area contributed by atoms with Gasteiger partial charge in [-0.05, 0) is 44.0 Å². The maximum absolute atomic E-state index is 4.26. The lowest BCUT2D eigenvalue weighted by atomic mass is 10.1. The Morgan fingerprint density at radius 1 is 1.33 bits per heavy atom. The third-order valence-electron chi connectivity index (χ3n) is 4.15. The minimum absolute atomic E-state index is 0.562. The van der Waals surface area contributed by atoms with Crippen molar-refractivity contribution in [3.8, 4) is 0 Å². The van der Waals surface area contributed by atoms with E-state index in [0.717, 1.165) is 13.1 Å². The Kier molecular flexibility index (Phi) is 4.25. The summed E-state index contributed by atoms with van der Waals surface area (Å²) < 4.78 is 1.95. The van der Waals surface area contributed by atoms with Crippen molar-refractivity contribution in [1.82, 2.24) is 14.7 Å². The molecule has 0 amide bonds. The zero-order valence-electron chi connectivity index (χ0n) is 12.9. The fourth-order valence-corrected chi connectivity index (χ4v) is 2.95. The molecule has 0 aliphatic carbocycles. The zero-order chi connectivity index (χ0) is 14.7. The summed E-state index contributed by atoms with van der Waals surface area (Å²) >= 11 is 0. The van der Waals surface area contributed by atoms with E-state index < -0.39 is 0 Å². The first-order valence-electron chi connectivity index (χ1n) is 7.77. The number of anilines is 1. The van der Waals surface area contributed by atoms with Gasteiger partial charge in [-0.1, -0.05) is 12.1 Å². The summed E-state index contributed by atoms with van der Waals surface area (Å²) in [7, 11) is 0. The third-order valence-corrected chi connectivity index (χ3v) is 4.15. The van der Waals surface area contributed by atoms with Crippen molar-refractivity contribution < 1.29 is 0 Å². The highest BCUT2D eigenvalue weighted by molar-refractivity contribution is 5.46. The topological polar surface area (TPSA) is 33.1 Å². The van der Waals surface area contributed by atoms with E-state index in [1.54, 1.807) is 0 Å². The lowest BCUT2D eigenvalue weighted by Gasteiger charge is -2.21. The smallest absolute Gasteiger partial charge is 0.0660 e. The van der Waals surface area contributed by atoms with Gasteiger partial charge in [-0.25, -0.2) is 0 Å². The molecule has 0 spiro atoms. The Hall–Kier alpha value is -1.81.